The summed E-state index contributed by atoms with van der Waals surface area (Å²) in [5, 5.41) is 7.16. The summed E-state index contributed by atoms with van der Waals surface area (Å²) < 4.78 is 0. The smallest absolute Gasteiger partial charge is 0.166 e. The molecule has 1 saturated carbocycles. The van der Waals surface area contributed by atoms with Crippen molar-refractivity contribution < 1.29 is 0 Å². The number of hydrogen-bond acceptors (Lipinski definition) is 1. The maximum Gasteiger partial charge on any atom is 0.166 e. The summed E-state index contributed by atoms with van der Waals surface area (Å²) >= 11 is 5.13. The monoisotopic (exact) mass is 214 g/mol. The molecule has 0 amide bonds. The predicted octanol–water partition coefficient (Wildman–Crippen LogP) is 2.15. The molecule has 1 aliphatic carbocycles. The lowest BCUT2D eigenvalue weighted by Crippen LogP contribution is -2.36. The van der Waals surface area contributed by atoms with Crippen LogP contribution in [0.4, 0.5) is 0 Å². The number of thiocarbonyl (C=S) groups is 1. The fourth-order valence-corrected chi connectivity index (χ4v) is 2.49. The highest BCUT2D eigenvalue weighted by molar-refractivity contribution is 7.80. The van der Waals surface area contributed by atoms with Gasteiger partial charge in [-0.05, 0) is 35.9 Å². The normalized spacial score (nSPS) is 22.9. The summed E-state index contributed by atoms with van der Waals surface area (Å²) in [6.07, 6.45) is 0. The van der Waals surface area contributed by atoms with Gasteiger partial charge in [0, 0.05) is 13.1 Å². The molecule has 0 bridgehead atoms. The Labute approximate surface area is 92.8 Å². The van der Waals surface area contributed by atoms with Crippen molar-refractivity contribution in [3.63, 3.8) is 0 Å². The van der Waals surface area contributed by atoms with Crippen LogP contribution in [-0.4, -0.2) is 18.2 Å². The Bertz CT molecular complexity index is 219. The molecule has 0 aromatic heterocycles. The summed E-state index contributed by atoms with van der Waals surface area (Å²) in [7, 11) is 0. The highest BCUT2D eigenvalue weighted by atomic mass is 32.1. The molecular formula is C11H22N2S. The van der Waals surface area contributed by atoms with E-state index in [4.69, 9.17) is 12.2 Å². The third-order valence-corrected chi connectivity index (χ3v) is 4.41. The van der Waals surface area contributed by atoms with Crippen molar-refractivity contribution in [3.05, 3.63) is 0 Å². The lowest BCUT2D eigenvalue weighted by atomic mass is 10.0. The van der Waals surface area contributed by atoms with Gasteiger partial charge in [0.15, 0.2) is 5.11 Å². The van der Waals surface area contributed by atoms with Crippen LogP contribution in [0.5, 0.6) is 0 Å². The Morgan fingerprint density at radius 2 is 1.64 bits per heavy atom. The van der Waals surface area contributed by atoms with Gasteiger partial charge in [0.05, 0.1) is 0 Å². The summed E-state index contributed by atoms with van der Waals surface area (Å²) in [5.41, 5.74) is 0.893. The second-order valence-corrected chi connectivity index (χ2v) is 5.64. The van der Waals surface area contributed by atoms with Crippen LogP contribution in [-0.2, 0) is 0 Å². The second kappa shape index (κ2) is 3.69. The van der Waals surface area contributed by atoms with Gasteiger partial charge in [-0.1, -0.05) is 27.7 Å². The van der Waals surface area contributed by atoms with Crippen molar-refractivity contribution in [2.45, 2.75) is 34.6 Å². The first-order chi connectivity index (χ1) is 6.34. The molecule has 0 aromatic rings. The van der Waals surface area contributed by atoms with Crippen LogP contribution in [0.3, 0.4) is 0 Å². The average molecular weight is 214 g/mol. The van der Waals surface area contributed by atoms with Gasteiger partial charge >= 0.3 is 0 Å². The fraction of sp³-hybridized carbons (Fsp3) is 0.909. The van der Waals surface area contributed by atoms with E-state index in [-0.39, 0.29) is 0 Å². The van der Waals surface area contributed by atoms with E-state index in [1.807, 2.05) is 0 Å². The third-order valence-electron chi connectivity index (χ3n) is 4.12. The van der Waals surface area contributed by atoms with E-state index in [2.05, 4.69) is 45.3 Å². The molecule has 0 unspecified atom stereocenters. The Hall–Kier alpha value is -0.310. The van der Waals surface area contributed by atoms with Crippen LogP contribution >= 0.6 is 12.2 Å². The van der Waals surface area contributed by atoms with Crippen LogP contribution in [0.25, 0.3) is 0 Å². The molecule has 0 saturated heterocycles. The van der Waals surface area contributed by atoms with Gasteiger partial charge in [-0.2, -0.15) is 0 Å². The second-order valence-electron chi connectivity index (χ2n) is 5.24. The van der Waals surface area contributed by atoms with Gasteiger partial charge in [-0.15, -0.1) is 0 Å². The Morgan fingerprint density at radius 3 is 2.00 bits per heavy atom. The SMILES string of the molecule is CCNC(=S)NCC1C(C)(C)C1(C)C. The van der Waals surface area contributed by atoms with Crippen molar-refractivity contribution in [2.75, 3.05) is 13.1 Å². The van der Waals surface area contributed by atoms with Gasteiger partial charge in [0.1, 0.15) is 0 Å². The molecule has 1 rings (SSSR count). The van der Waals surface area contributed by atoms with Crippen molar-refractivity contribution in [1.29, 1.82) is 0 Å². The molecule has 14 heavy (non-hydrogen) atoms. The quantitative estimate of drug-likeness (QED) is 0.704. The molecule has 1 aliphatic rings. The molecular weight excluding hydrogens is 192 g/mol. The molecule has 2 N–H and O–H groups in total. The van der Waals surface area contributed by atoms with Gasteiger partial charge in [-0.3, -0.25) is 0 Å². The van der Waals surface area contributed by atoms with Crippen molar-refractivity contribution >= 4 is 17.3 Å². The highest BCUT2D eigenvalue weighted by Gasteiger charge is 2.64. The number of hydrogen-bond donors (Lipinski definition) is 2. The Kier molecular flexibility index (Phi) is 3.10. The maximum atomic E-state index is 5.13. The molecule has 0 aromatic carbocycles. The predicted molar refractivity (Wildman–Crippen MR) is 65.3 cm³/mol. The van der Waals surface area contributed by atoms with Crippen molar-refractivity contribution in [1.82, 2.24) is 10.6 Å². The maximum absolute atomic E-state index is 5.13. The van der Waals surface area contributed by atoms with E-state index < -0.39 is 0 Å². The Morgan fingerprint density at radius 1 is 1.14 bits per heavy atom. The molecule has 3 heteroatoms. The van der Waals surface area contributed by atoms with Crippen LogP contribution in [0.2, 0.25) is 0 Å². The first-order valence-electron chi connectivity index (χ1n) is 5.35. The Balaban J connectivity index is 2.32. The van der Waals surface area contributed by atoms with E-state index in [0.29, 0.717) is 10.8 Å². The lowest BCUT2D eigenvalue weighted by molar-refractivity contribution is 0.457. The topological polar surface area (TPSA) is 24.1 Å². The minimum atomic E-state index is 0.446. The number of rotatable bonds is 3. The molecule has 0 spiro atoms. The van der Waals surface area contributed by atoms with E-state index in [1.165, 1.54) is 0 Å². The largest absolute Gasteiger partial charge is 0.363 e. The summed E-state index contributed by atoms with van der Waals surface area (Å²) in [5.74, 6) is 0.728. The average Bonchev–Trinajstić information content (AvgIpc) is 2.41. The zero-order chi connectivity index (χ0) is 11.0. The first-order valence-corrected chi connectivity index (χ1v) is 5.76. The zero-order valence-electron chi connectivity index (χ0n) is 9.90. The van der Waals surface area contributed by atoms with Crippen LogP contribution < -0.4 is 10.6 Å². The number of nitrogens with one attached hydrogen (secondary N) is 2. The molecule has 0 radical (unpaired) electrons. The first kappa shape index (κ1) is 11.8. The molecule has 82 valence electrons. The fourth-order valence-electron chi connectivity index (χ4n) is 2.26. The summed E-state index contributed by atoms with van der Waals surface area (Å²) in [6.45, 7) is 13.3. The van der Waals surface area contributed by atoms with E-state index in [1.54, 1.807) is 0 Å². The molecule has 1 fully saturated rings. The lowest BCUT2D eigenvalue weighted by Gasteiger charge is -2.09. The third kappa shape index (κ3) is 1.88. The van der Waals surface area contributed by atoms with Gasteiger partial charge < -0.3 is 10.6 Å². The van der Waals surface area contributed by atoms with Crippen molar-refractivity contribution in [3.8, 4) is 0 Å². The summed E-state index contributed by atoms with van der Waals surface area (Å²) in [4.78, 5) is 0. The van der Waals surface area contributed by atoms with E-state index in [9.17, 15) is 0 Å². The van der Waals surface area contributed by atoms with Gasteiger partial charge in [0.2, 0.25) is 0 Å². The van der Waals surface area contributed by atoms with Gasteiger partial charge in [0.25, 0.3) is 0 Å². The standard InChI is InChI=1S/C11H22N2S/c1-6-12-9(14)13-7-8-10(2,3)11(8,4)5/h8H,6-7H2,1-5H3,(H2,12,13,14). The molecule has 0 atom stereocenters. The van der Waals surface area contributed by atoms with Crippen LogP contribution in [0.1, 0.15) is 34.6 Å². The summed E-state index contributed by atoms with van der Waals surface area (Å²) in [6, 6.07) is 0. The molecule has 0 heterocycles. The van der Waals surface area contributed by atoms with Gasteiger partial charge in [-0.25, -0.2) is 0 Å². The van der Waals surface area contributed by atoms with Crippen LogP contribution in [0, 0.1) is 16.7 Å². The molecule has 2 nitrogen and oxygen atoms in total. The zero-order valence-corrected chi connectivity index (χ0v) is 10.7. The minimum Gasteiger partial charge on any atom is -0.363 e. The van der Waals surface area contributed by atoms with E-state index in [0.717, 1.165) is 24.1 Å². The highest BCUT2D eigenvalue weighted by Crippen LogP contribution is 2.67. The molecule has 0 aliphatic heterocycles. The van der Waals surface area contributed by atoms with Crippen LogP contribution in [0.15, 0.2) is 0 Å². The minimum absolute atomic E-state index is 0.446. The van der Waals surface area contributed by atoms with Crippen molar-refractivity contribution in [2.24, 2.45) is 16.7 Å². The van der Waals surface area contributed by atoms with E-state index >= 15 is 0 Å².